The van der Waals surface area contributed by atoms with Crippen LogP contribution in [-0.2, 0) is 21.2 Å². The third-order valence-corrected chi connectivity index (χ3v) is 7.11. The zero-order chi connectivity index (χ0) is 21.6. The van der Waals surface area contributed by atoms with Crippen LogP contribution in [0.4, 0.5) is 5.82 Å². The van der Waals surface area contributed by atoms with Gasteiger partial charge in [-0.2, -0.15) is 4.31 Å². The van der Waals surface area contributed by atoms with Crippen molar-refractivity contribution in [2.75, 3.05) is 36.8 Å². The number of carbonyl (C=O) groups is 1. The molecule has 0 aliphatic carbocycles. The van der Waals surface area contributed by atoms with Crippen LogP contribution >= 0.6 is 11.6 Å². The predicted octanol–water partition coefficient (Wildman–Crippen LogP) is 0.826. The molecule has 0 spiro atoms. The fourth-order valence-electron chi connectivity index (χ4n) is 3.30. The van der Waals surface area contributed by atoms with E-state index in [2.05, 4.69) is 15.0 Å². The van der Waals surface area contributed by atoms with E-state index in [0.29, 0.717) is 42.0 Å². The molecular formula is C18H23ClN6O4S. The Kier molecular flexibility index (Phi) is 7.53. The molecule has 1 amide bonds. The van der Waals surface area contributed by atoms with E-state index in [1.807, 2.05) is 11.0 Å². The molecule has 3 heterocycles. The van der Waals surface area contributed by atoms with Crippen LogP contribution in [0.25, 0.3) is 0 Å². The SMILES string of the molecule is O=CN(O)C(CCc1cccnc1)CS(=O)(=O)N1CCN(c2cc(Cl)ncn2)CC1. The first-order valence-electron chi connectivity index (χ1n) is 9.41. The zero-order valence-electron chi connectivity index (χ0n) is 16.2. The van der Waals surface area contributed by atoms with Crippen molar-refractivity contribution in [1.82, 2.24) is 24.3 Å². The average molecular weight is 455 g/mol. The molecule has 1 unspecified atom stereocenters. The summed E-state index contributed by atoms with van der Waals surface area (Å²) < 4.78 is 27.2. The topological polar surface area (TPSA) is 120 Å². The summed E-state index contributed by atoms with van der Waals surface area (Å²) in [6, 6.07) is 4.42. The number of amides is 1. The maximum Gasteiger partial charge on any atom is 0.233 e. The number of piperazine rings is 1. The van der Waals surface area contributed by atoms with Crippen LogP contribution in [0.1, 0.15) is 12.0 Å². The molecule has 0 radical (unpaired) electrons. The summed E-state index contributed by atoms with van der Waals surface area (Å²) in [5, 5.41) is 10.7. The van der Waals surface area contributed by atoms with Crippen molar-refractivity contribution in [3.05, 3.63) is 47.6 Å². The number of hydroxylamine groups is 2. The Morgan fingerprint density at radius 3 is 2.67 bits per heavy atom. The molecule has 0 aromatic carbocycles. The van der Waals surface area contributed by atoms with E-state index in [1.54, 1.807) is 24.5 Å². The second-order valence-corrected chi connectivity index (χ2v) is 9.30. The van der Waals surface area contributed by atoms with Crippen LogP contribution in [0.15, 0.2) is 36.9 Å². The second-order valence-electron chi connectivity index (χ2n) is 6.90. The van der Waals surface area contributed by atoms with Crippen molar-refractivity contribution in [2.45, 2.75) is 18.9 Å². The van der Waals surface area contributed by atoms with Crippen LogP contribution < -0.4 is 4.90 Å². The summed E-state index contributed by atoms with van der Waals surface area (Å²) in [5.74, 6) is 0.283. The highest BCUT2D eigenvalue weighted by Gasteiger charge is 2.31. The maximum atomic E-state index is 12.9. The van der Waals surface area contributed by atoms with E-state index in [0.717, 1.165) is 5.56 Å². The van der Waals surface area contributed by atoms with Gasteiger partial charge in [-0.05, 0) is 24.5 Å². The van der Waals surface area contributed by atoms with Crippen LogP contribution in [0, 0.1) is 0 Å². The van der Waals surface area contributed by atoms with E-state index in [4.69, 9.17) is 11.6 Å². The van der Waals surface area contributed by atoms with Crippen LogP contribution in [0.3, 0.4) is 0 Å². The molecule has 12 heteroatoms. The Bertz CT molecular complexity index is 941. The third kappa shape index (κ3) is 5.85. The normalized spacial score (nSPS) is 16.3. The fourth-order valence-corrected chi connectivity index (χ4v) is 5.18. The molecule has 2 aromatic heterocycles. The molecule has 1 saturated heterocycles. The molecule has 1 N–H and O–H groups in total. The summed E-state index contributed by atoms with van der Waals surface area (Å²) in [5.41, 5.74) is 0.899. The molecule has 162 valence electrons. The van der Waals surface area contributed by atoms with Gasteiger partial charge in [0.25, 0.3) is 0 Å². The zero-order valence-corrected chi connectivity index (χ0v) is 17.8. The van der Waals surface area contributed by atoms with E-state index >= 15 is 0 Å². The van der Waals surface area contributed by atoms with Gasteiger partial charge in [0.05, 0.1) is 11.8 Å². The number of rotatable bonds is 9. The van der Waals surface area contributed by atoms with Gasteiger partial charge in [-0.25, -0.2) is 23.4 Å². The molecule has 1 aliphatic heterocycles. The maximum absolute atomic E-state index is 12.9. The first-order valence-corrected chi connectivity index (χ1v) is 11.4. The van der Waals surface area contributed by atoms with Crippen molar-refractivity contribution < 1.29 is 18.4 Å². The lowest BCUT2D eigenvalue weighted by Gasteiger charge is -2.35. The van der Waals surface area contributed by atoms with Crippen molar-refractivity contribution in [3.63, 3.8) is 0 Å². The molecule has 1 fully saturated rings. The fraction of sp³-hybridized carbons (Fsp3) is 0.444. The van der Waals surface area contributed by atoms with Crippen molar-refractivity contribution in [3.8, 4) is 0 Å². The van der Waals surface area contributed by atoms with E-state index in [1.165, 1.54) is 10.6 Å². The Morgan fingerprint density at radius 2 is 2.03 bits per heavy atom. The largest absolute Gasteiger partial charge is 0.354 e. The van der Waals surface area contributed by atoms with Gasteiger partial charge in [-0.1, -0.05) is 17.7 Å². The molecule has 1 atom stereocenters. The van der Waals surface area contributed by atoms with Crippen molar-refractivity contribution in [2.24, 2.45) is 0 Å². The first kappa shape index (κ1) is 22.3. The van der Waals surface area contributed by atoms with E-state index in [-0.39, 0.29) is 25.3 Å². The minimum absolute atomic E-state index is 0.236. The Balaban J connectivity index is 1.61. The molecule has 3 rings (SSSR count). The minimum atomic E-state index is -3.68. The molecule has 0 bridgehead atoms. The quantitative estimate of drug-likeness (QED) is 0.256. The smallest absolute Gasteiger partial charge is 0.233 e. The lowest BCUT2D eigenvalue weighted by Crippen LogP contribution is -2.51. The van der Waals surface area contributed by atoms with Gasteiger partial charge < -0.3 is 4.90 Å². The number of anilines is 1. The third-order valence-electron chi connectivity index (χ3n) is 4.95. The number of hydrogen-bond donors (Lipinski definition) is 1. The Morgan fingerprint density at radius 1 is 1.27 bits per heavy atom. The summed E-state index contributed by atoms with van der Waals surface area (Å²) in [7, 11) is -3.68. The molecule has 2 aromatic rings. The molecular weight excluding hydrogens is 432 g/mol. The van der Waals surface area contributed by atoms with E-state index in [9.17, 15) is 18.4 Å². The number of pyridine rings is 1. The highest BCUT2D eigenvalue weighted by atomic mass is 35.5. The number of hydrogen-bond acceptors (Lipinski definition) is 8. The van der Waals surface area contributed by atoms with Gasteiger partial charge >= 0.3 is 0 Å². The average Bonchev–Trinajstić information content (AvgIpc) is 2.77. The second kappa shape index (κ2) is 10.1. The number of aromatic nitrogens is 3. The predicted molar refractivity (Wildman–Crippen MR) is 111 cm³/mol. The number of nitrogens with zero attached hydrogens (tertiary/aromatic N) is 6. The summed E-state index contributed by atoms with van der Waals surface area (Å²) >= 11 is 5.90. The van der Waals surface area contributed by atoms with Gasteiger partial charge in [-0.3, -0.25) is 15.0 Å². The number of aryl methyl sites for hydroxylation is 1. The lowest BCUT2D eigenvalue weighted by atomic mass is 10.1. The first-order chi connectivity index (χ1) is 14.4. The Hall–Kier alpha value is -2.34. The standard InChI is InChI=1S/C18H23ClN6O4S/c19-17-10-18(22-13-21-17)23-6-8-24(9-7-23)30(28,29)12-16(25(27)14-26)4-3-15-2-1-5-20-11-15/h1-2,5,10-11,13-14,16,27H,3-4,6-9,12H2. The van der Waals surface area contributed by atoms with Gasteiger partial charge in [0.1, 0.15) is 17.3 Å². The van der Waals surface area contributed by atoms with Crippen molar-refractivity contribution in [1.29, 1.82) is 0 Å². The lowest BCUT2D eigenvalue weighted by molar-refractivity contribution is -0.158. The number of halogens is 1. The van der Waals surface area contributed by atoms with Crippen LogP contribution in [-0.4, -0.2) is 82.3 Å². The van der Waals surface area contributed by atoms with Gasteiger partial charge in [-0.15, -0.1) is 0 Å². The summed E-state index contributed by atoms with van der Waals surface area (Å²) in [6.07, 6.45) is 5.70. The molecule has 30 heavy (non-hydrogen) atoms. The molecule has 0 saturated carbocycles. The van der Waals surface area contributed by atoms with Gasteiger partial charge in [0, 0.05) is 44.6 Å². The number of carbonyl (C=O) groups excluding carboxylic acids is 1. The summed E-state index contributed by atoms with van der Waals surface area (Å²) in [6.45, 7) is 1.44. The Labute approximate surface area is 180 Å². The van der Waals surface area contributed by atoms with Gasteiger partial charge in [0.15, 0.2) is 0 Å². The highest BCUT2D eigenvalue weighted by molar-refractivity contribution is 7.89. The van der Waals surface area contributed by atoms with Crippen molar-refractivity contribution >= 4 is 33.9 Å². The number of sulfonamides is 1. The van der Waals surface area contributed by atoms with Crippen LogP contribution in [0.5, 0.6) is 0 Å². The summed E-state index contributed by atoms with van der Waals surface area (Å²) in [4.78, 5) is 25.0. The minimum Gasteiger partial charge on any atom is -0.354 e. The highest BCUT2D eigenvalue weighted by Crippen LogP contribution is 2.19. The van der Waals surface area contributed by atoms with E-state index < -0.39 is 16.1 Å². The molecule has 10 nitrogen and oxygen atoms in total. The van der Waals surface area contributed by atoms with Gasteiger partial charge in [0.2, 0.25) is 16.4 Å². The monoisotopic (exact) mass is 454 g/mol. The van der Waals surface area contributed by atoms with Crippen LogP contribution in [0.2, 0.25) is 5.15 Å². The molecule has 1 aliphatic rings.